The zero-order chi connectivity index (χ0) is 13.9. The number of nitrogens with zero attached hydrogens (tertiary/aromatic N) is 2. The van der Waals surface area contributed by atoms with E-state index < -0.39 is 5.60 Å². The highest BCUT2D eigenvalue weighted by Gasteiger charge is 2.32. The molecule has 0 aromatic carbocycles. The molecule has 0 radical (unpaired) electrons. The third kappa shape index (κ3) is 2.95. The van der Waals surface area contributed by atoms with Crippen LogP contribution in [0.25, 0.3) is 0 Å². The molecule has 0 amide bonds. The van der Waals surface area contributed by atoms with Crippen molar-refractivity contribution >= 4 is 15.9 Å². The number of halogens is 1. The highest BCUT2D eigenvalue weighted by atomic mass is 79.9. The van der Waals surface area contributed by atoms with Crippen molar-refractivity contribution in [3.8, 4) is 0 Å². The Morgan fingerprint density at radius 3 is 2.44 bits per heavy atom. The molecule has 0 fully saturated rings. The number of rotatable bonds is 6. The maximum atomic E-state index is 10.6. The van der Waals surface area contributed by atoms with Crippen LogP contribution in [0.4, 0.5) is 0 Å². The molecule has 0 spiro atoms. The average molecular weight is 318 g/mol. The lowest BCUT2D eigenvalue weighted by molar-refractivity contribution is 0.00219. The van der Waals surface area contributed by atoms with Crippen LogP contribution in [0.3, 0.4) is 0 Å². The van der Waals surface area contributed by atoms with E-state index in [1.165, 1.54) is 0 Å². The van der Waals surface area contributed by atoms with Gasteiger partial charge in [0.25, 0.3) is 0 Å². The van der Waals surface area contributed by atoms with Gasteiger partial charge in [0.2, 0.25) is 0 Å². The summed E-state index contributed by atoms with van der Waals surface area (Å²) >= 11 is 3.60. The molecule has 5 heteroatoms. The van der Waals surface area contributed by atoms with Crippen molar-refractivity contribution in [2.45, 2.75) is 52.7 Å². The van der Waals surface area contributed by atoms with Crippen molar-refractivity contribution in [3.05, 3.63) is 15.9 Å². The molecule has 1 rings (SSSR count). The standard InChI is InChI=1S/C13H24BrN3O/c1-5-10-12(14)11(17(6-2)16-10)7-13(18,8-15)9(3)4/h9,18H,5-8,15H2,1-4H3. The van der Waals surface area contributed by atoms with Gasteiger partial charge in [-0.3, -0.25) is 4.68 Å². The highest BCUT2D eigenvalue weighted by molar-refractivity contribution is 9.10. The van der Waals surface area contributed by atoms with Crippen molar-refractivity contribution in [2.75, 3.05) is 6.54 Å². The first kappa shape index (κ1) is 15.7. The minimum absolute atomic E-state index is 0.111. The Balaban J connectivity index is 3.13. The maximum absolute atomic E-state index is 10.6. The third-order valence-electron chi connectivity index (χ3n) is 3.60. The molecular weight excluding hydrogens is 294 g/mol. The number of nitrogens with two attached hydrogens (primary N) is 1. The first-order valence-corrected chi connectivity index (χ1v) is 7.35. The molecule has 1 aromatic heterocycles. The molecule has 1 aromatic rings. The van der Waals surface area contributed by atoms with Crippen LogP contribution in [-0.2, 0) is 19.4 Å². The van der Waals surface area contributed by atoms with Crippen molar-refractivity contribution in [1.29, 1.82) is 0 Å². The molecule has 0 aliphatic carbocycles. The summed E-state index contributed by atoms with van der Waals surface area (Å²) in [5.74, 6) is 0.111. The van der Waals surface area contributed by atoms with Crippen LogP contribution in [0.2, 0.25) is 0 Å². The van der Waals surface area contributed by atoms with Gasteiger partial charge in [0, 0.05) is 19.5 Å². The zero-order valence-electron chi connectivity index (χ0n) is 11.7. The molecular formula is C13H24BrN3O. The van der Waals surface area contributed by atoms with Gasteiger partial charge >= 0.3 is 0 Å². The average Bonchev–Trinajstić information content (AvgIpc) is 2.65. The van der Waals surface area contributed by atoms with E-state index in [2.05, 4.69) is 34.9 Å². The maximum Gasteiger partial charge on any atom is 0.0847 e. The Bertz CT molecular complexity index is 403. The molecule has 3 N–H and O–H groups in total. The van der Waals surface area contributed by atoms with Crippen LogP contribution >= 0.6 is 15.9 Å². The second-order valence-corrected chi connectivity index (χ2v) is 5.81. The van der Waals surface area contributed by atoms with Gasteiger partial charge in [-0.2, -0.15) is 5.10 Å². The van der Waals surface area contributed by atoms with Gasteiger partial charge in [0.15, 0.2) is 0 Å². The number of aryl methyl sites for hydroxylation is 2. The number of hydrogen-bond donors (Lipinski definition) is 2. The van der Waals surface area contributed by atoms with Crippen LogP contribution < -0.4 is 5.73 Å². The lowest BCUT2D eigenvalue weighted by Gasteiger charge is -2.31. The molecule has 0 aliphatic rings. The van der Waals surface area contributed by atoms with E-state index in [9.17, 15) is 5.11 Å². The van der Waals surface area contributed by atoms with Crippen molar-refractivity contribution < 1.29 is 5.11 Å². The van der Waals surface area contributed by atoms with E-state index in [4.69, 9.17) is 5.73 Å². The van der Waals surface area contributed by atoms with Gasteiger partial charge in [0.1, 0.15) is 0 Å². The van der Waals surface area contributed by atoms with Crippen LogP contribution in [0.15, 0.2) is 4.47 Å². The van der Waals surface area contributed by atoms with E-state index in [-0.39, 0.29) is 12.5 Å². The normalized spacial score (nSPS) is 15.1. The lowest BCUT2D eigenvalue weighted by atomic mass is 9.86. The fraction of sp³-hybridized carbons (Fsp3) is 0.769. The number of aromatic nitrogens is 2. The number of hydrogen-bond acceptors (Lipinski definition) is 3. The van der Waals surface area contributed by atoms with E-state index in [1.54, 1.807) is 0 Å². The minimum Gasteiger partial charge on any atom is -0.388 e. The predicted molar refractivity (Wildman–Crippen MR) is 77.5 cm³/mol. The van der Waals surface area contributed by atoms with E-state index in [0.717, 1.165) is 28.8 Å². The largest absolute Gasteiger partial charge is 0.388 e. The van der Waals surface area contributed by atoms with Crippen LogP contribution in [-0.4, -0.2) is 27.0 Å². The summed E-state index contributed by atoms with van der Waals surface area (Å²) in [5.41, 5.74) is 6.94. The zero-order valence-corrected chi connectivity index (χ0v) is 13.3. The molecule has 1 unspecified atom stereocenters. The van der Waals surface area contributed by atoms with Gasteiger partial charge < -0.3 is 10.8 Å². The summed E-state index contributed by atoms with van der Waals surface area (Å²) in [5, 5.41) is 15.1. The Hall–Kier alpha value is -0.390. The topological polar surface area (TPSA) is 64.1 Å². The summed E-state index contributed by atoms with van der Waals surface area (Å²) in [7, 11) is 0. The molecule has 0 bridgehead atoms. The molecule has 1 atom stereocenters. The highest BCUT2D eigenvalue weighted by Crippen LogP contribution is 2.28. The fourth-order valence-electron chi connectivity index (χ4n) is 1.99. The minimum atomic E-state index is -0.875. The van der Waals surface area contributed by atoms with Gasteiger partial charge in [0.05, 0.1) is 21.5 Å². The Morgan fingerprint density at radius 1 is 1.44 bits per heavy atom. The molecule has 0 saturated heterocycles. The second-order valence-electron chi connectivity index (χ2n) is 5.02. The first-order valence-electron chi connectivity index (χ1n) is 6.56. The van der Waals surface area contributed by atoms with E-state index in [0.29, 0.717) is 6.42 Å². The molecule has 0 saturated carbocycles. The summed E-state index contributed by atoms with van der Waals surface area (Å²) in [6, 6.07) is 0. The quantitative estimate of drug-likeness (QED) is 0.844. The molecule has 4 nitrogen and oxygen atoms in total. The molecule has 18 heavy (non-hydrogen) atoms. The predicted octanol–water partition coefficient (Wildman–Crippen LogP) is 2.12. The van der Waals surface area contributed by atoms with Crippen LogP contribution in [0.1, 0.15) is 39.1 Å². The second kappa shape index (κ2) is 6.17. The van der Waals surface area contributed by atoms with Crippen molar-refractivity contribution in [1.82, 2.24) is 9.78 Å². The Labute approximate surface area is 118 Å². The lowest BCUT2D eigenvalue weighted by Crippen LogP contribution is -2.45. The van der Waals surface area contributed by atoms with Crippen molar-refractivity contribution in [2.24, 2.45) is 11.7 Å². The summed E-state index contributed by atoms with van der Waals surface area (Å²) in [4.78, 5) is 0. The van der Waals surface area contributed by atoms with Crippen LogP contribution in [0.5, 0.6) is 0 Å². The third-order valence-corrected chi connectivity index (χ3v) is 4.51. The fourth-order valence-corrected chi connectivity index (χ4v) is 2.69. The SMILES string of the molecule is CCc1nn(CC)c(CC(O)(CN)C(C)C)c1Br. The van der Waals surface area contributed by atoms with Crippen LogP contribution in [0, 0.1) is 5.92 Å². The summed E-state index contributed by atoms with van der Waals surface area (Å²) in [6.07, 6.45) is 1.41. The summed E-state index contributed by atoms with van der Waals surface area (Å²) in [6.45, 7) is 9.18. The molecule has 104 valence electrons. The monoisotopic (exact) mass is 317 g/mol. The number of aliphatic hydroxyl groups is 1. The van der Waals surface area contributed by atoms with Crippen molar-refractivity contribution in [3.63, 3.8) is 0 Å². The van der Waals surface area contributed by atoms with E-state index >= 15 is 0 Å². The van der Waals surface area contributed by atoms with Gasteiger partial charge in [-0.05, 0) is 35.2 Å². The Morgan fingerprint density at radius 2 is 2.06 bits per heavy atom. The smallest absolute Gasteiger partial charge is 0.0847 e. The Kier molecular flexibility index (Phi) is 5.37. The van der Waals surface area contributed by atoms with E-state index in [1.807, 2.05) is 18.5 Å². The molecule has 1 heterocycles. The van der Waals surface area contributed by atoms with Gasteiger partial charge in [-0.25, -0.2) is 0 Å². The van der Waals surface area contributed by atoms with Gasteiger partial charge in [-0.1, -0.05) is 20.8 Å². The first-order chi connectivity index (χ1) is 8.39. The van der Waals surface area contributed by atoms with Gasteiger partial charge in [-0.15, -0.1) is 0 Å². The molecule has 0 aliphatic heterocycles. The summed E-state index contributed by atoms with van der Waals surface area (Å²) < 4.78 is 2.96.